The zero-order valence-corrected chi connectivity index (χ0v) is 14.6. The van der Waals surface area contributed by atoms with Crippen LogP contribution in [0.25, 0.3) is 0 Å². The lowest BCUT2D eigenvalue weighted by Gasteiger charge is -2.36. The van der Waals surface area contributed by atoms with E-state index in [1.807, 2.05) is 11.9 Å². The van der Waals surface area contributed by atoms with E-state index >= 15 is 0 Å². The monoisotopic (exact) mass is 382 g/mol. The van der Waals surface area contributed by atoms with E-state index in [-0.39, 0.29) is 19.0 Å². The number of rotatable bonds is 5. The summed E-state index contributed by atoms with van der Waals surface area (Å²) in [7, 11) is 1.91. The van der Waals surface area contributed by atoms with Crippen LogP contribution < -0.4 is 0 Å². The summed E-state index contributed by atoms with van der Waals surface area (Å²) in [5, 5.41) is 11.0. The van der Waals surface area contributed by atoms with Gasteiger partial charge in [-0.2, -0.15) is 0 Å². The molecule has 7 heteroatoms. The smallest absolute Gasteiger partial charge is 0.317 e. The Labute approximate surface area is 138 Å². The number of piperidine rings is 1. The van der Waals surface area contributed by atoms with E-state index in [1.165, 1.54) is 9.35 Å². The zero-order chi connectivity index (χ0) is 13.8. The summed E-state index contributed by atoms with van der Waals surface area (Å²) in [5.74, 6) is -0.743. The molecule has 0 bridgehead atoms. The molecule has 4 nitrogen and oxygen atoms in total. The van der Waals surface area contributed by atoms with Gasteiger partial charge in [-0.15, -0.1) is 23.7 Å². The maximum Gasteiger partial charge on any atom is 0.317 e. The first-order chi connectivity index (χ1) is 9.04. The Kier molecular flexibility index (Phi) is 7.47. The summed E-state index contributed by atoms with van der Waals surface area (Å²) in [6, 6.07) is 2.58. The van der Waals surface area contributed by atoms with E-state index in [2.05, 4.69) is 32.3 Å². The number of likely N-dealkylation sites (N-methyl/N-ethyl adjacent to an activating group) is 1. The molecule has 2 heterocycles. The van der Waals surface area contributed by atoms with Crippen LogP contribution in [0, 0.1) is 0 Å². The average Bonchev–Trinajstić information content (AvgIpc) is 2.75. The van der Waals surface area contributed by atoms with Gasteiger partial charge in [0.2, 0.25) is 0 Å². The van der Waals surface area contributed by atoms with Gasteiger partial charge in [-0.1, -0.05) is 0 Å². The van der Waals surface area contributed by atoms with Crippen LogP contribution in [0.4, 0.5) is 0 Å². The zero-order valence-electron chi connectivity index (χ0n) is 11.4. The quantitative estimate of drug-likeness (QED) is 0.849. The molecule has 1 N–H and O–H groups in total. The molecule has 0 aromatic carbocycles. The highest BCUT2D eigenvalue weighted by Gasteiger charge is 2.23. The maximum atomic E-state index is 10.7. The van der Waals surface area contributed by atoms with Crippen LogP contribution >= 0.6 is 39.7 Å². The first-order valence-electron chi connectivity index (χ1n) is 6.42. The lowest BCUT2D eigenvalue weighted by atomic mass is 10.0. The van der Waals surface area contributed by atoms with Gasteiger partial charge < -0.3 is 5.11 Å². The minimum Gasteiger partial charge on any atom is -0.480 e. The Hall–Kier alpha value is -0.140. The molecule has 1 fully saturated rings. The van der Waals surface area contributed by atoms with Gasteiger partial charge in [0.15, 0.2) is 0 Å². The number of thiophene rings is 1. The van der Waals surface area contributed by atoms with Crippen molar-refractivity contribution in [2.45, 2.75) is 25.4 Å². The molecule has 1 aromatic heterocycles. The minimum atomic E-state index is -0.743. The van der Waals surface area contributed by atoms with Gasteiger partial charge in [-0.05, 0) is 65.9 Å². The molecule has 1 aliphatic heterocycles. The topological polar surface area (TPSA) is 43.8 Å². The Morgan fingerprint density at radius 3 is 2.70 bits per heavy atom. The Balaban J connectivity index is 0.00000200. The Bertz CT molecular complexity index is 436. The number of aliphatic carboxylic acids is 1. The van der Waals surface area contributed by atoms with Crippen molar-refractivity contribution in [2.24, 2.45) is 0 Å². The van der Waals surface area contributed by atoms with Crippen LogP contribution in [0.2, 0.25) is 0 Å². The highest BCUT2D eigenvalue weighted by Crippen LogP contribution is 2.23. The molecule has 0 radical (unpaired) electrons. The fourth-order valence-corrected chi connectivity index (χ4v) is 3.75. The summed E-state index contributed by atoms with van der Waals surface area (Å²) in [6.07, 6.45) is 2.10. The number of carboxylic acid groups (broad SMARTS) is 1. The van der Waals surface area contributed by atoms with Crippen LogP contribution in [0.1, 0.15) is 18.4 Å². The molecule has 1 aromatic rings. The summed E-state index contributed by atoms with van der Waals surface area (Å²) < 4.78 is 1.18. The number of likely N-dealkylation sites (tertiary alicyclic amines) is 1. The molecule has 114 valence electrons. The van der Waals surface area contributed by atoms with Gasteiger partial charge in [0.1, 0.15) is 0 Å². The van der Waals surface area contributed by atoms with Crippen LogP contribution in [-0.4, -0.2) is 53.6 Å². The second-order valence-corrected chi connectivity index (χ2v) is 7.37. The van der Waals surface area contributed by atoms with Crippen molar-refractivity contribution in [1.29, 1.82) is 0 Å². The highest BCUT2D eigenvalue weighted by molar-refractivity contribution is 9.11. The summed E-state index contributed by atoms with van der Waals surface area (Å²) in [5.41, 5.74) is 1.36. The summed E-state index contributed by atoms with van der Waals surface area (Å²) >= 11 is 5.21. The van der Waals surface area contributed by atoms with Crippen molar-refractivity contribution in [3.8, 4) is 0 Å². The van der Waals surface area contributed by atoms with Crippen molar-refractivity contribution < 1.29 is 9.90 Å². The van der Waals surface area contributed by atoms with E-state index in [9.17, 15) is 4.79 Å². The van der Waals surface area contributed by atoms with E-state index in [1.54, 1.807) is 11.3 Å². The molecule has 0 unspecified atom stereocenters. The molecular weight excluding hydrogens is 364 g/mol. The molecule has 0 aliphatic carbocycles. The van der Waals surface area contributed by atoms with E-state index in [0.29, 0.717) is 6.04 Å². The first-order valence-corrected chi connectivity index (χ1v) is 8.09. The molecule has 0 amide bonds. The third-order valence-corrected chi connectivity index (χ3v) is 5.15. The number of nitrogens with zero attached hydrogens (tertiary/aromatic N) is 2. The average molecular weight is 384 g/mol. The predicted octanol–water partition coefficient (Wildman–Crippen LogP) is 2.91. The first kappa shape index (κ1) is 17.9. The third-order valence-electron chi connectivity index (χ3n) is 3.59. The van der Waals surface area contributed by atoms with Gasteiger partial charge in [-0.3, -0.25) is 14.6 Å². The van der Waals surface area contributed by atoms with Crippen molar-refractivity contribution in [2.75, 3.05) is 26.7 Å². The minimum absolute atomic E-state index is 0. The van der Waals surface area contributed by atoms with E-state index < -0.39 is 5.97 Å². The number of carboxylic acids is 1. The molecule has 1 aliphatic rings. The highest BCUT2D eigenvalue weighted by atomic mass is 79.9. The lowest BCUT2D eigenvalue weighted by Crippen LogP contribution is -2.44. The fraction of sp³-hybridized carbons (Fsp3) is 0.615. The summed E-state index contributed by atoms with van der Waals surface area (Å²) in [6.45, 7) is 3.23. The lowest BCUT2D eigenvalue weighted by molar-refractivity contribution is -0.138. The van der Waals surface area contributed by atoms with Crippen LogP contribution in [-0.2, 0) is 11.3 Å². The molecule has 2 rings (SSSR count). The Morgan fingerprint density at radius 1 is 1.55 bits per heavy atom. The number of carbonyl (C=O) groups is 1. The normalized spacial score (nSPS) is 17.1. The molecule has 20 heavy (non-hydrogen) atoms. The van der Waals surface area contributed by atoms with Crippen molar-refractivity contribution in [1.82, 2.24) is 9.80 Å². The van der Waals surface area contributed by atoms with Gasteiger partial charge in [0.05, 0.1) is 10.3 Å². The van der Waals surface area contributed by atoms with Gasteiger partial charge in [0.25, 0.3) is 0 Å². The van der Waals surface area contributed by atoms with Crippen molar-refractivity contribution in [3.05, 3.63) is 20.8 Å². The molecular formula is C13H20BrClN2O2S. The van der Waals surface area contributed by atoms with Gasteiger partial charge >= 0.3 is 5.97 Å². The maximum absolute atomic E-state index is 10.7. The van der Waals surface area contributed by atoms with Crippen molar-refractivity contribution in [3.63, 3.8) is 0 Å². The summed E-state index contributed by atoms with van der Waals surface area (Å²) in [4.78, 5) is 15.1. The van der Waals surface area contributed by atoms with Gasteiger partial charge in [-0.25, -0.2) is 0 Å². The second kappa shape index (κ2) is 8.34. The number of hydrogen-bond acceptors (Lipinski definition) is 4. The standard InChI is InChI=1S/C13H19BrN2O2S.ClH/c1-15(8-13(17)18)11-2-4-16(5-3-11)7-10-6-12(14)19-9-10;/h6,9,11H,2-5,7-8H2,1H3,(H,17,18);1H. The van der Waals surface area contributed by atoms with Gasteiger partial charge in [0, 0.05) is 12.6 Å². The molecule has 1 saturated heterocycles. The fourth-order valence-electron chi connectivity index (χ4n) is 2.55. The molecule has 0 saturated carbocycles. The van der Waals surface area contributed by atoms with E-state index in [0.717, 1.165) is 32.5 Å². The second-order valence-electron chi connectivity index (χ2n) is 5.08. The van der Waals surface area contributed by atoms with Crippen LogP contribution in [0.3, 0.4) is 0 Å². The van der Waals surface area contributed by atoms with E-state index in [4.69, 9.17) is 5.11 Å². The van der Waals surface area contributed by atoms with Crippen molar-refractivity contribution >= 4 is 45.6 Å². The van der Waals surface area contributed by atoms with Crippen LogP contribution in [0.15, 0.2) is 15.2 Å². The SMILES string of the molecule is CN(CC(=O)O)C1CCN(Cc2csc(Br)c2)CC1.Cl. The van der Waals surface area contributed by atoms with Crippen LogP contribution in [0.5, 0.6) is 0 Å². The predicted molar refractivity (Wildman–Crippen MR) is 87.8 cm³/mol. The number of halogens is 2. The number of hydrogen-bond donors (Lipinski definition) is 1. The Morgan fingerprint density at radius 2 is 2.20 bits per heavy atom. The largest absolute Gasteiger partial charge is 0.480 e. The molecule has 0 atom stereocenters. The third kappa shape index (κ3) is 5.33. The molecule has 0 spiro atoms.